The normalized spacial score (nSPS) is 14.6. The lowest BCUT2D eigenvalue weighted by Crippen LogP contribution is -2.50. The first-order chi connectivity index (χ1) is 11.5. The number of amides is 2. The summed E-state index contributed by atoms with van der Waals surface area (Å²) >= 11 is 6.20. The molecule has 0 aliphatic carbocycles. The Balaban J connectivity index is 1.86. The molecule has 1 aliphatic heterocycles. The third kappa shape index (κ3) is 4.87. The Hall–Kier alpha value is -1.75. The Morgan fingerprint density at radius 3 is 2.29 bits per heavy atom. The highest BCUT2D eigenvalue weighted by atomic mass is 35.5. The van der Waals surface area contributed by atoms with Gasteiger partial charge in [-0.2, -0.15) is 0 Å². The van der Waals surface area contributed by atoms with Gasteiger partial charge in [0.15, 0.2) is 0 Å². The van der Waals surface area contributed by atoms with Crippen LogP contribution in [0.25, 0.3) is 0 Å². The zero-order valence-electron chi connectivity index (χ0n) is 14.4. The van der Waals surface area contributed by atoms with Crippen LogP contribution in [0, 0.1) is 0 Å². The third-order valence-corrected chi connectivity index (χ3v) is 4.68. The highest BCUT2D eigenvalue weighted by molar-refractivity contribution is 6.31. The Labute approximate surface area is 148 Å². The number of unbranched alkanes of at least 4 members (excludes halogenated alkanes) is 1. The number of hydrogen-bond donors (Lipinski definition) is 0. The van der Waals surface area contributed by atoms with Crippen molar-refractivity contribution in [3.8, 4) is 5.75 Å². The zero-order chi connectivity index (χ0) is 17.5. The van der Waals surface area contributed by atoms with E-state index in [1.54, 1.807) is 19.2 Å². The summed E-state index contributed by atoms with van der Waals surface area (Å²) < 4.78 is 5.12. The van der Waals surface area contributed by atoms with Gasteiger partial charge in [0.2, 0.25) is 11.8 Å². The summed E-state index contributed by atoms with van der Waals surface area (Å²) in [7, 11) is 1.58. The van der Waals surface area contributed by atoms with E-state index in [-0.39, 0.29) is 18.2 Å². The van der Waals surface area contributed by atoms with Crippen LogP contribution in [0.4, 0.5) is 0 Å². The molecule has 1 heterocycles. The van der Waals surface area contributed by atoms with E-state index >= 15 is 0 Å². The van der Waals surface area contributed by atoms with Gasteiger partial charge in [0, 0.05) is 37.6 Å². The molecule has 0 unspecified atom stereocenters. The van der Waals surface area contributed by atoms with Crippen LogP contribution in [0.3, 0.4) is 0 Å². The Bertz CT molecular complexity index is 584. The van der Waals surface area contributed by atoms with E-state index in [0.717, 1.165) is 18.4 Å². The monoisotopic (exact) mass is 352 g/mol. The van der Waals surface area contributed by atoms with Crippen molar-refractivity contribution in [3.05, 3.63) is 28.8 Å². The number of hydrogen-bond acceptors (Lipinski definition) is 3. The zero-order valence-corrected chi connectivity index (χ0v) is 15.1. The standard InChI is InChI=1S/C18H25ClN2O3/c1-3-4-5-17(22)20-8-10-21(11-9-20)18(23)12-14-6-7-15(24-2)13-16(14)19/h6-7,13H,3-5,8-12H2,1-2H3. The predicted octanol–water partition coefficient (Wildman–Crippen LogP) is 2.75. The van der Waals surface area contributed by atoms with E-state index in [0.29, 0.717) is 43.4 Å². The number of methoxy groups -OCH3 is 1. The second-order valence-corrected chi connectivity index (χ2v) is 6.41. The van der Waals surface area contributed by atoms with Gasteiger partial charge in [0.1, 0.15) is 5.75 Å². The number of benzene rings is 1. The van der Waals surface area contributed by atoms with Gasteiger partial charge in [-0.1, -0.05) is 31.0 Å². The van der Waals surface area contributed by atoms with Gasteiger partial charge in [0.25, 0.3) is 0 Å². The topological polar surface area (TPSA) is 49.9 Å². The summed E-state index contributed by atoms with van der Waals surface area (Å²) in [6, 6.07) is 5.34. The summed E-state index contributed by atoms with van der Waals surface area (Å²) in [5.74, 6) is 0.917. The average molecular weight is 353 g/mol. The molecule has 1 aromatic carbocycles. The summed E-state index contributed by atoms with van der Waals surface area (Å²) in [4.78, 5) is 28.1. The number of ether oxygens (including phenoxy) is 1. The van der Waals surface area contributed by atoms with Crippen molar-refractivity contribution in [2.75, 3.05) is 33.3 Å². The molecule has 1 aliphatic rings. The summed E-state index contributed by atoms with van der Waals surface area (Å²) in [5.41, 5.74) is 0.795. The summed E-state index contributed by atoms with van der Waals surface area (Å²) in [5, 5.41) is 0.538. The van der Waals surface area contributed by atoms with Gasteiger partial charge in [-0.25, -0.2) is 0 Å². The first kappa shape index (κ1) is 18.6. The number of rotatable bonds is 6. The minimum Gasteiger partial charge on any atom is -0.497 e. The molecule has 0 atom stereocenters. The Morgan fingerprint density at radius 2 is 1.75 bits per heavy atom. The number of halogens is 1. The van der Waals surface area contributed by atoms with Crippen molar-refractivity contribution in [1.29, 1.82) is 0 Å². The highest BCUT2D eigenvalue weighted by Crippen LogP contribution is 2.23. The van der Waals surface area contributed by atoms with Gasteiger partial charge >= 0.3 is 0 Å². The van der Waals surface area contributed by atoms with Gasteiger partial charge in [-0.15, -0.1) is 0 Å². The molecule has 24 heavy (non-hydrogen) atoms. The Kier molecular flexibility index (Phi) is 6.91. The third-order valence-electron chi connectivity index (χ3n) is 4.33. The average Bonchev–Trinajstić information content (AvgIpc) is 2.61. The molecule has 1 aromatic rings. The molecule has 2 amide bonds. The van der Waals surface area contributed by atoms with Gasteiger partial charge < -0.3 is 14.5 Å². The minimum absolute atomic E-state index is 0.0442. The van der Waals surface area contributed by atoms with E-state index in [2.05, 4.69) is 6.92 Å². The molecule has 0 N–H and O–H groups in total. The van der Waals surface area contributed by atoms with Crippen LogP contribution in [-0.4, -0.2) is 54.9 Å². The molecule has 0 spiro atoms. The first-order valence-electron chi connectivity index (χ1n) is 8.43. The molecular weight excluding hydrogens is 328 g/mol. The first-order valence-corrected chi connectivity index (χ1v) is 8.81. The molecular formula is C18H25ClN2O3. The fourth-order valence-electron chi connectivity index (χ4n) is 2.76. The molecule has 6 heteroatoms. The van der Waals surface area contributed by atoms with Crippen LogP contribution in [0.1, 0.15) is 31.7 Å². The number of nitrogens with zero attached hydrogens (tertiary/aromatic N) is 2. The van der Waals surface area contributed by atoms with Crippen LogP contribution in [-0.2, 0) is 16.0 Å². The number of piperazine rings is 1. The smallest absolute Gasteiger partial charge is 0.227 e. The molecule has 0 radical (unpaired) electrons. The van der Waals surface area contributed by atoms with Crippen molar-refractivity contribution in [1.82, 2.24) is 9.80 Å². The van der Waals surface area contributed by atoms with Crippen molar-refractivity contribution in [2.24, 2.45) is 0 Å². The fourth-order valence-corrected chi connectivity index (χ4v) is 3.00. The highest BCUT2D eigenvalue weighted by Gasteiger charge is 2.24. The predicted molar refractivity (Wildman–Crippen MR) is 94.4 cm³/mol. The van der Waals surface area contributed by atoms with E-state index in [1.165, 1.54) is 0 Å². The molecule has 0 saturated carbocycles. The van der Waals surface area contributed by atoms with Crippen molar-refractivity contribution in [3.63, 3.8) is 0 Å². The van der Waals surface area contributed by atoms with Gasteiger partial charge in [-0.05, 0) is 24.1 Å². The van der Waals surface area contributed by atoms with Crippen molar-refractivity contribution in [2.45, 2.75) is 32.6 Å². The lowest BCUT2D eigenvalue weighted by molar-refractivity contribution is -0.139. The lowest BCUT2D eigenvalue weighted by atomic mass is 10.1. The SMILES string of the molecule is CCCCC(=O)N1CCN(C(=O)Cc2ccc(OC)cc2Cl)CC1. The second kappa shape index (κ2) is 8.92. The number of carbonyl (C=O) groups excluding carboxylic acids is 2. The molecule has 2 rings (SSSR count). The second-order valence-electron chi connectivity index (χ2n) is 6.00. The van der Waals surface area contributed by atoms with E-state index < -0.39 is 0 Å². The maximum Gasteiger partial charge on any atom is 0.227 e. The molecule has 1 fully saturated rings. The fraction of sp³-hybridized carbons (Fsp3) is 0.556. The van der Waals surface area contributed by atoms with Crippen LogP contribution in [0.15, 0.2) is 18.2 Å². The van der Waals surface area contributed by atoms with E-state index in [4.69, 9.17) is 16.3 Å². The van der Waals surface area contributed by atoms with Crippen LogP contribution in [0.5, 0.6) is 5.75 Å². The maximum absolute atomic E-state index is 12.5. The summed E-state index contributed by atoms with van der Waals surface area (Å²) in [6.45, 7) is 4.48. The molecule has 5 nitrogen and oxygen atoms in total. The van der Waals surface area contributed by atoms with Crippen LogP contribution < -0.4 is 4.74 Å². The molecule has 0 aromatic heterocycles. The van der Waals surface area contributed by atoms with Crippen LogP contribution >= 0.6 is 11.6 Å². The van der Waals surface area contributed by atoms with Crippen LogP contribution in [0.2, 0.25) is 5.02 Å². The van der Waals surface area contributed by atoms with E-state index in [1.807, 2.05) is 15.9 Å². The lowest BCUT2D eigenvalue weighted by Gasteiger charge is -2.35. The van der Waals surface area contributed by atoms with E-state index in [9.17, 15) is 9.59 Å². The summed E-state index contributed by atoms with van der Waals surface area (Å²) in [6.07, 6.45) is 2.82. The maximum atomic E-state index is 12.5. The molecule has 0 bridgehead atoms. The minimum atomic E-state index is 0.0442. The largest absolute Gasteiger partial charge is 0.497 e. The molecule has 132 valence electrons. The quantitative estimate of drug-likeness (QED) is 0.791. The van der Waals surface area contributed by atoms with Gasteiger partial charge in [0.05, 0.1) is 13.5 Å². The number of carbonyl (C=O) groups is 2. The van der Waals surface area contributed by atoms with Crippen molar-refractivity contribution < 1.29 is 14.3 Å². The van der Waals surface area contributed by atoms with Gasteiger partial charge in [-0.3, -0.25) is 9.59 Å². The Morgan fingerprint density at radius 1 is 1.12 bits per heavy atom. The molecule has 1 saturated heterocycles. The van der Waals surface area contributed by atoms with Crippen molar-refractivity contribution >= 4 is 23.4 Å².